The first-order valence-corrected chi connectivity index (χ1v) is 6.11. The zero-order valence-electron chi connectivity index (χ0n) is 10.7. The van der Waals surface area contributed by atoms with Crippen LogP contribution in [0.2, 0.25) is 0 Å². The van der Waals surface area contributed by atoms with Gasteiger partial charge in [-0.25, -0.2) is 0 Å². The summed E-state index contributed by atoms with van der Waals surface area (Å²) < 4.78 is 0. The van der Waals surface area contributed by atoms with Gasteiger partial charge in [0.25, 0.3) is 11.8 Å². The molecule has 0 saturated heterocycles. The van der Waals surface area contributed by atoms with Crippen LogP contribution in [-0.4, -0.2) is 49.8 Å². The minimum Gasteiger partial charge on any atom is -0.347 e. The van der Waals surface area contributed by atoms with Crippen LogP contribution in [0.25, 0.3) is 0 Å². The van der Waals surface area contributed by atoms with Crippen molar-refractivity contribution < 1.29 is 14.4 Å². The molecule has 106 valence electrons. The van der Waals surface area contributed by atoms with Crippen LogP contribution in [0.1, 0.15) is 26.5 Å². The van der Waals surface area contributed by atoms with Crippen LogP contribution >= 0.6 is 0 Å². The van der Waals surface area contributed by atoms with Gasteiger partial charge in [-0.3, -0.25) is 19.3 Å². The van der Waals surface area contributed by atoms with Crippen molar-refractivity contribution in [2.24, 2.45) is 0 Å². The SMILES string of the molecule is O=C(CN1C(=O)c2ccccc2C1=O)NCc1nn[nH]n1. The smallest absolute Gasteiger partial charge is 0.262 e. The lowest BCUT2D eigenvalue weighted by molar-refractivity contribution is -0.121. The largest absolute Gasteiger partial charge is 0.347 e. The second-order valence-corrected chi connectivity index (χ2v) is 4.35. The molecule has 0 aliphatic carbocycles. The van der Waals surface area contributed by atoms with E-state index in [4.69, 9.17) is 0 Å². The predicted molar refractivity (Wildman–Crippen MR) is 67.8 cm³/mol. The monoisotopic (exact) mass is 286 g/mol. The Morgan fingerprint density at radius 2 is 1.86 bits per heavy atom. The van der Waals surface area contributed by atoms with E-state index in [0.717, 1.165) is 4.90 Å². The number of nitrogens with zero attached hydrogens (tertiary/aromatic N) is 4. The van der Waals surface area contributed by atoms with E-state index in [2.05, 4.69) is 25.9 Å². The van der Waals surface area contributed by atoms with Crippen LogP contribution in [0.4, 0.5) is 0 Å². The molecule has 1 aromatic carbocycles. The number of benzene rings is 1. The second-order valence-electron chi connectivity index (χ2n) is 4.35. The summed E-state index contributed by atoms with van der Waals surface area (Å²) in [6.07, 6.45) is 0. The molecule has 1 aliphatic heterocycles. The lowest BCUT2D eigenvalue weighted by Crippen LogP contribution is -2.40. The summed E-state index contributed by atoms with van der Waals surface area (Å²) in [5, 5.41) is 15.5. The van der Waals surface area contributed by atoms with Crippen LogP contribution in [0, 0.1) is 0 Å². The van der Waals surface area contributed by atoms with Crippen molar-refractivity contribution in [2.45, 2.75) is 6.54 Å². The van der Waals surface area contributed by atoms with Crippen molar-refractivity contribution in [3.8, 4) is 0 Å². The Kier molecular flexibility index (Phi) is 3.14. The molecule has 0 saturated carbocycles. The van der Waals surface area contributed by atoms with Gasteiger partial charge in [-0.2, -0.15) is 5.21 Å². The Morgan fingerprint density at radius 1 is 1.19 bits per heavy atom. The minimum atomic E-state index is -0.477. The third-order valence-electron chi connectivity index (χ3n) is 3.01. The summed E-state index contributed by atoms with van der Waals surface area (Å²) >= 11 is 0. The molecule has 9 heteroatoms. The van der Waals surface area contributed by atoms with Crippen LogP contribution < -0.4 is 5.32 Å². The molecule has 0 fully saturated rings. The maximum absolute atomic E-state index is 12.1. The number of aromatic nitrogens is 4. The summed E-state index contributed by atoms with van der Waals surface area (Å²) in [6.45, 7) is -0.275. The summed E-state index contributed by atoms with van der Waals surface area (Å²) in [7, 11) is 0. The summed E-state index contributed by atoms with van der Waals surface area (Å²) in [5.41, 5.74) is 0.627. The number of amides is 3. The van der Waals surface area contributed by atoms with E-state index in [1.807, 2.05) is 0 Å². The van der Waals surface area contributed by atoms with Crippen LogP contribution in [0.15, 0.2) is 24.3 Å². The van der Waals surface area contributed by atoms with Gasteiger partial charge in [-0.1, -0.05) is 17.3 Å². The quantitative estimate of drug-likeness (QED) is 0.703. The minimum absolute atomic E-state index is 0.0680. The van der Waals surface area contributed by atoms with Crippen molar-refractivity contribution in [3.05, 3.63) is 41.2 Å². The number of tetrazole rings is 1. The summed E-state index contributed by atoms with van der Waals surface area (Å²) in [6, 6.07) is 6.47. The molecular weight excluding hydrogens is 276 g/mol. The summed E-state index contributed by atoms with van der Waals surface area (Å²) in [4.78, 5) is 36.8. The van der Waals surface area contributed by atoms with Crippen molar-refractivity contribution >= 4 is 17.7 Å². The second kappa shape index (κ2) is 5.12. The van der Waals surface area contributed by atoms with Crippen LogP contribution in [0.3, 0.4) is 0 Å². The number of carbonyl (C=O) groups is 3. The molecule has 21 heavy (non-hydrogen) atoms. The number of hydrogen-bond donors (Lipinski definition) is 2. The highest BCUT2D eigenvalue weighted by Gasteiger charge is 2.36. The molecule has 0 atom stereocenters. The van der Waals surface area contributed by atoms with E-state index < -0.39 is 17.7 Å². The lowest BCUT2D eigenvalue weighted by atomic mass is 10.1. The topological polar surface area (TPSA) is 121 Å². The Labute approximate surface area is 118 Å². The molecule has 3 amide bonds. The van der Waals surface area contributed by atoms with E-state index >= 15 is 0 Å². The fourth-order valence-electron chi connectivity index (χ4n) is 2.02. The van der Waals surface area contributed by atoms with Gasteiger partial charge in [0.1, 0.15) is 6.54 Å². The Bertz CT molecular complexity index is 677. The Balaban J connectivity index is 1.65. The van der Waals surface area contributed by atoms with Gasteiger partial charge in [0, 0.05) is 0 Å². The van der Waals surface area contributed by atoms with Crippen molar-refractivity contribution in [1.29, 1.82) is 0 Å². The highest BCUT2D eigenvalue weighted by atomic mass is 16.2. The van der Waals surface area contributed by atoms with E-state index in [1.165, 1.54) is 0 Å². The Hall–Kier alpha value is -3.10. The van der Waals surface area contributed by atoms with E-state index in [0.29, 0.717) is 17.0 Å². The molecule has 3 rings (SSSR count). The van der Waals surface area contributed by atoms with E-state index in [9.17, 15) is 14.4 Å². The van der Waals surface area contributed by atoms with Crippen LogP contribution in [-0.2, 0) is 11.3 Å². The summed E-state index contributed by atoms with van der Waals surface area (Å²) in [5.74, 6) is -1.10. The number of nitrogens with one attached hydrogen (secondary N) is 2. The van der Waals surface area contributed by atoms with Gasteiger partial charge < -0.3 is 5.32 Å². The number of hydrogen-bond acceptors (Lipinski definition) is 6. The maximum atomic E-state index is 12.1. The number of rotatable bonds is 4. The number of fused-ring (bicyclic) bond motifs is 1. The van der Waals surface area contributed by atoms with E-state index in [-0.39, 0.29) is 13.1 Å². The highest BCUT2D eigenvalue weighted by molar-refractivity contribution is 6.22. The number of imide groups is 1. The van der Waals surface area contributed by atoms with Gasteiger partial charge in [0.2, 0.25) is 5.91 Å². The van der Waals surface area contributed by atoms with Crippen molar-refractivity contribution in [3.63, 3.8) is 0 Å². The van der Waals surface area contributed by atoms with E-state index in [1.54, 1.807) is 24.3 Å². The fraction of sp³-hybridized carbons (Fsp3) is 0.167. The first-order chi connectivity index (χ1) is 10.2. The normalized spacial score (nSPS) is 13.4. The molecule has 2 heterocycles. The molecule has 0 unspecified atom stereocenters. The third-order valence-corrected chi connectivity index (χ3v) is 3.01. The molecule has 0 spiro atoms. The number of H-pyrrole nitrogens is 1. The van der Waals surface area contributed by atoms with Gasteiger partial charge in [0.15, 0.2) is 5.82 Å². The lowest BCUT2D eigenvalue weighted by Gasteiger charge is -2.12. The number of aromatic amines is 1. The predicted octanol–water partition coefficient (Wildman–Crippen LogP) is -0.888. The van der Waals surface area contributed by atoms with Crippen LogP contribution in [0.5, 0.6) is 0 Å². The van der Waals surface area contributed by atoms with Gasteiger partial charge in [0.05, 0.1) is 17.7 Å². The molecule has 0 radical (unpaired) electrons. The fourth-order valence-corrected chi connectivity index (χ4v) is 2.02. The average molecular weight is 286 g/mol. The van der Waals surface area contributed by atoms with Gasteiger partial charge in [-0.05, 0) is 12.1 Å². The molecule has 1 aliphatic rings. The standard InChI is InChI=1S/C12H10N6O3/c19-10(13-5-9-14-16-17-15-9)6-18-11(20)7-3-1-2-4-8(7)12(18)21/h1-4H,5-6H2,(H,13,19)(H,14,15,16,17). The van der Waals surface area contributed by atoms with Crippen molar-refractivity contribution in [2.75, 3.05) is 6.54 Å². The Morgan fingerprint density at radius 3 is 2.43 bits per heavy atom. The maximum Gasteiger partial charge on any atom is 0.262 e. The zero-order valence-corrected chi connectivity index (χ0v) is 10.7. The average Bonchev–Trinajstić information content (AvgIpc) is 3.09. The molecule has 1 aromatic heterocycles. The molecule has 2 aromatic rings. The molecule has 2 N–H and O–H groups in total. The van der Waals surface area contributed by atoms with Gasteiger partial charge in [-0.15, -0.1) is 10.2 Å². The third kappa shape index (κ3) is 2.36. The molecule has 9 nitrogen and oxygen atoms in total. The first-order valence-electron chi connectivity index (χ1n) is 6.11. The molecular formula is C12H10N6O3. The zero-order chi connectivity index (χ0) is 14.8. The number of carbonyl (C=O) groups excluding carboxylic acids is 3. The molecule has 0 bridgehead atoms. The first kappa shape index (κ1) is 12.9. The van der Waals surface area contributed by atoms with Crippen molar-refractivity contribution in [1.82, 2.24) is 30.8 Å². The van der Waals surface area contributed by atoms with Gasteiger partial charge >= 0.3 is 0 Å². The highest BCUT2D eigenvalue weighted by Crippen LogP contribution is 2.21.